The molecule has 2 amide bonds. The van der Waals surface area contributed by atoms with Crippen molar-refractivity contribution in [1.82, 2.24) is 9.97 Å². The molecule has 0 aliphatic carbocycles. The Kier molecular flexibility index (Phi) is 4.80. The molecule has 2 N–H and O–H groups in total. The fraction of sp³-hybridized carbons (Fsp3) is 0.0952. The first-order valence-corrected chi connectivity index (χ1v) is 9.52. The van der Waals surface area contributed by atoms with Crippen LogP contribution in [-0.2, 0) is 6.42 Å². The smallest absolute Gasteiger partial charge is 0.308 e. The minimum atomic E-state index is -0.276. The third-order valence-corrected chi connectivity index (χ3v) is 5.18. The molecular weight excluding hydrogens is 356 g/mol. The van der Waals surface area contributed by atoms with Gasteiger partial charge < -0.3 is 10.6 Å². The summed E-state index contributed by atoms with van der Waals surface area (Å²) in [5, 5.41) is 6.60. The highest BCUT2D eigenvalue weighted by Gasteiger charge is 2.09. The summed E-state index contributed by atoms with van der Waals surface area (Å²) in [6.07, 6.45) is 2.74. The molecule has 0 fully saturated rings. The number of aryl methyl sites for hydroxylation is 1. The molecule has 0 saturated heterocycles. The zero-order chi connectivity index (χ0) is 18.6. The first-order valence-electron chi connectivity index (χ1n) is 8.70. The van der Waals surface area contributed by atoms with Gasteiger partial charge in [0.15, 0.2) is 0 Å². The summed E-state index contributed by atoms with van der Waals surface area (Å²) in [4.78, 5) is 22.1. The fourth-order valence-corrected chi connectivity index (χ4v) is 3.64. The van der Waals surface area contributed by atoms with Gasteiger partial charge in [0.2, 0.25) is 0 Å². The lowest BCUT2D eigenvalue weighted by molar-refractivity contribution is 0.262. The molecule has 2 aromatic carbocycles. The van der Waals surface area contributed by atoms with Crippen LogP contribution in [0.25, 0.3) is 20.9 Å². The monoisotopic (exact) mass is 374 g/mol. The minimum absolute atomic E-state index is 0.276. The molecule has 0 saturated carbocycles. The summed E-state index contributed by atoms with van der Waals surface area (Å²) in [7, 11) is 0. The van der Waals surface area contributed by atoms with E-state index < -0.39 is 0 Å². The van der Waals surface area contributed by atoms with Gasteiger partial charge in [0, 0.05) is 23.1 Å². The Morgan fingerprint density at radius 2 is 1.81 bits per heavy atom. The SMILES string of the molecule is CCc1ccc(NC(=O)Nc2cccc(-c3nc4cccnc4s3)c2)cc1. The lowest BCUT2D eigenvalue weighted by atomic mass is 10.1. The van der Waals surface area contributed by atoms with Crippen LogP contribution in [0.3, 0.4) is 0 Å². The van der Waals surface area contributed by atoms with Crippen molar-refractivity contribution in [2.24, 2.45) is 0 Å². The van der Waals surface area contributed by atoms with Crippen LogP contribution in [0.5, 0.6) is 0 Å². The maximum Gasteiger partial charge on any atom is 0.323 e. The highest BCUT2D eigenvalue weighted by molar-refractivity contribution is 7.21. The van der Waals surface area contributed by atoms with Crippen molar-refractivity contribution in [3.8, 4) is 10.6 Å². The van der Waals surface area contributed by atoms with Crippen LogP contribution in [0.1, 0.15) is 12.5 Å². The van der Waals surface area contributed by atoms with Gasteiger partial charge in [-0.05, 0) is 48.4 Å². The van der Waals surface area contributed by atoms with Crippen molar-refractivity contribution >= 4 is 39.1 Å². The van der Waals surface area contributed by atoms with Crippen molar-refractivity contribution < 1.29 is 4.79 Å². The molecule has 2 aromatic heterocycles. The number of fused-ring (bicyclic) bond motifs is 1. The molecule has 4 aromatic rings. The number of nitrogens with zero attached hydrogens (tertiary/aromatic N) is 2. The van der Waals surface area contributed by atoms with Crippen molar-refractivity contribution in [3.63, 3.8) is 0 Å². The zero-order valence-corrected chi connectivity index (χ0v) is 15.6. The van der Waals surface area contributed by atoms with Crippen LogP contribution in [-0.4, -0.2) is 16.0 Å². The zero-order valence-electron chi connectivity index (χ0n) is 14.8. The second-order valence-electron chi connectivity index (χ2n) is 6.06. The van der Waals surface area contributed by atoms with Crippen LogP contribution < -0.4 is 10.6 Å². The van der Waals surface area contributed by atoms with E-state index >= 15 is 0 Å². The van der Waals surface area contributed by atoms with Gasteiger partial charge >= 0.3 is 6.03 Å². The number of rotatable bonds is 4. The first-order chi connectivity index (χ1) is 13.2. The van der Waals surface area contributed by atoms with E-state index in [2.05, 4.69) is 27.5 Å². The summed E-state index contributed by atoms with van der Waals surface area (Å²) >= 11 is 1.53. The topological polar surface area (TPSA) is 66.9 Å². The number of benzene rings is 2. The number of aromatic nitrogens is 2. The molecule has 5 nitrogen and oxygen atoms in total. The van der Waals surface area contributed by atoms with Gasteiger partial charge in [-0.15, -0.1) is 0 Å². The van der Waals surface area contributed by atoms with E-state index in [4.69, 9.17) is 0 Å². The van der Waals surface area contributed by atoms with Crippen molar-refractivity contribution in [2.45, 2.75) is 13.3 Å². The third-order valence-electron chi connectivity index (χ3n) is 4.15. The van der Waals surface area contributed by atoms with E-state index in [0.29, 0.717) is 5.69 Å². The second kappa shape index (κ2) is 7.55. The van der Waals surface area contributed by atoms with E-state index in [1.165, 1.54) is 16.9 Å². The number of hydrogen-bond donors (Lipinski definition) is 2. The fourth-order valence-electron chi connectivity index (χ4n) is 2.74. The Balaban J connectivity index is 1.49. The Bertz CT molecular complexity index is 1060. The average Bonchev–Trinajstić information content (AvgIpc) is 3.13. The normalized spacial score (nSPS) is 10.7. The highest BCUT2D eigenvalue weighted by atomic mass is 32.1. The molecule has 6 heteroatoms. The summed E-state index contributed by atoms with van der Waals surface area (Å²) in [6.45, 7) is 2.10. The van der Waals surface area contributed by atoms with E-state index in [9.17, 15) is 4.79 Å². The molecule has 2 heterocycles. The first kappa shape index (κ1) is 17.2. The quantitative estimate of drug-likeness (QED) is 0.491. The predicted molar refractivity (Wildman–Crippen MR) is 111 cm³/mol. The lowest BCUT2D eigenvalue weighted by Crippen LogP contribution is -2.19. The molecule has 0 radical (unpaired) electrons. The van der Waals surface area contributed by atoms with Gasteiger partial charge in [0.1, 0.15) is 15.4 Å². The van der Waals surface area contributed by atoms with E-state index in [-0.39, 0.29) is 6.03 Å². The van der Waals surface area contributed by atoms with E-state index in [1.54, 1.807) is 6.20 Å². The van der Waals surface area contributed by atoms with Crippen LogP contribution in [0, 0.1) is 0 Å². The molecule has 0 unspecified atom stereocenters. The molecule has 0 spiro atoms. The number of anilines is 2. The van der Waals surface area contributed by atoms with Gasteiger partial charge in [-0.3, -0.25) is 0 Å². The average molecular weight is 374 g/mol. The van der Waals surface area contributed by atoms with Crippen LogP contribution in [0.2, 0.25) is 0 Å². The molecular formula is C21H18N4OS. The Labute approximate surface area is 161 Å². The standard InChI is InChI=1S/C21H18N4OS/c1-2-14-8-10-16(11-9-14)23-21(26)24-17-6-3-5-15(13-17)19-25-18-7-4-12-22-20(18)27-19/h3-13H,2H2,1H3,(H2,23,24,26). The molecule has 0 aliphatic rings. The number of carbonyl (C=O) groups is 1. The molecule has 4 rings (SSSR count). The number of carbonyl (C=O) groups excluding carboxylic acids is 1. The summed E-state index contributed by atoms with van der Waals surface area (Å²) < 4.78 is 0. The number of thiazole rings is 1. The van der Waals surface area contributed by atoms with Crippen LogP contribution in [0.15, 0.2) is 66.9 Å². The van der Waals surface area contributed by atoms with Crippen molar-refractivity contribution in [1.29, 1.82) is 0 Å². The largest absolute Gasteiger partial charge is 0.323 e. The highest BCUT2D eigenvalue weighted by Crippen LogP contribution is 2.30. The van der Waals surface area contributed by atoms with Crippen molar-refractivity contribution in [3.05, 3.63) is 72.4 Å². The number of amides is 2. The van der Waals surface area contributed by atoms with E-state index in [1.807, 2.05) is 60.7 Å². The van der Waals surface area contributed by atoms with Gasteiger partial charge in [0.25, 0.3) is 0 Å². The predicted octanol–water partition coefficient (Wildman–Crippen LogP) is 5.56. The van der Waals surface area contributed by atoms with Crippen LogP contribution in [0.4, 0.5) is 16.2 Å². The van der Waals surface area contributed by atoms with Crippen molar-refractivity contribution in [2.75, 3.05) is 10.6 Å². The Hall–Kier alpha value is -3.25. The summed E-state index contributed by atoms with van der Waals surface area (Å²) in [6, 6.07) is 19.0. The number of nitrogens with one attached hydrogen (secondary N) is 2. The maximum atomic E-state index is 12.3. The molecule has 134 valence electrons. The molecule has 0 bridgehead atoms. The number of urea groups is 1. The molecule has 0 atom stereocenters. The van der Waals surface area contributed by atoms with Gasteiger partial charge in [-0.25, -0.2) is 14.8 Å². The Morgan fingerprint density at radius 3 is 2.59 bits per heavy atom. The van der Waals surface area contributed by atoms with Gasteiger partial charge in [-0.1, -0.05) is 42.5 Å². The van der Waals surface area contributed by atoms with Gasteiger partial charge in [0.05, 0.1) is 0 Å². The van der Waals surface area contributed by atoms with Crippen LogP contribution >= 0.6 is 11.3 Å². The molecule has 27 heavy (non-hydrogen) atoms. The Morgan fingerprint density at radius 1 is 1.00 bits per heavy atom. The summed E-state index contributed by atoms with van der Waals surface area (Å²) in [5.41, 5.74) is 4.53. The van der Waals surface area contributed by atoms with Gasteiger partial charge in [-0.2, -0.15) is 0 Å². The van der Waals surface area contributed by atoms with E-state index in [0.717, 1.165) is 33.0 Å². The second-order valence-corrected chi connectivity index (χ2v) is 7.03. The summed E-state index contributed by atoms with van der Waals surface area (Å²) in [5.74, 6) is 0. The third kappa shape index (κ3) is 3.96. The maximum absolute atomic E-state index is 12.3. The number of hydrogen-bond acceptors (Lipinski definition) is 4. The minimum Gasteiger partial charge on any atom is -0.308 e. The molecule has 0 aliphatic heterocycles. The lowest BCUT2D eigenvalue weighted by Gasteiger charge is -2.09. The number of pyridine rings is 1.